The van der Waals surface area contributed by atoms with E-state index in [1.165, 1.54) is 0 Å². The molecule has 0 radical (unpaired) electrons. The lowest BCUT2D eigenvalue weighted by atomic mass is 9.82. The summed E-state index contributed by atoms with van der Waals surface area (Å²) in [4.78, 5) is 0. The highest BCUT2D eigenvalue weighted by atomic mass is 16.5. The van der Waals surface area contributed by atoms with Gasteiger partial charge in [-0.2, -0.15) is 0 Å². The van der Waals surface area contributed by atoms with Crippen LogP contribution in [0.5, 0.6) is 0 Å². The van der Waals surface area contributed by atoms with E-state index in [4.69, 9.17) is 14.6 Å². The maximum Gasteiger partial charge on any atom is 0.0784 e. The van der Waals surface area contributed by atoms with Crippen molar-refractivity contribution in [2.75, 3.05) is 13.2 Å². The summed E-state index contributed by atoms with van der Waals surface area (Å²) in [5, 5.41) is 8.88. The van der Waals surface area contributed by atoms with Crippen LogP contribution < -0.4 is 0 Å². The van der Waals surface area contributed by atoms with Crippen LogP contribution in [0.3, 0.4) is 0 Å². The molecule has 3 heteroatoms. The van der Waals surface area contributed by atoms with Crippen molar-refractivity contribution in [2.24, 2.45) is 11.3 Å². The van der Waals surface area contributed by atoms with E-state index < -0.39 is 0 Å². The quantitative estimate of drug-likeness (QED) is 0.750. The van der Waals surface area contributed by atoms with Crippen LogP contribution in [0.1, 0.15) is 48.5 Å². The van der Waals surface area contributed by atoms with Crippen LogP contribution in [-0.4, -0.2) is 36.6 Å². The van der Waals surface area contributed by atoms with Crippen LogP contribution >= 0.6 is 0 Å². The summed E-state index contributed by atoms with van der Waals surface area (Å²) in [7, 11) is 0. The summed E-state index contributed by atoms with van der Waals surface area (Å²) < 4.78 is 11.5. The van der Waals surface area contributed by atoms with Crippen molar-refractivity contribution in [1.82, 2.24) is 0 Å². The van der Waals surface area contributed by atoms with Crippen LogP contribution in [0.2, 0.25) is 0 Å². The molecule has 0 aromatic rings. The van der Waals surface area contributed by atoms with Gasteiger partial charge in [-0.15, -0.1) is 0 Å². The van der Waals surface area contributed by atoms with Gasteiger partial charge in [-0.25, -0.2) is 0 Å². The highest BCUT2D eigenvalue weighted by Gasteiger charge is 2.29. The predicted molar refractivity (Wildman–Crippen MR) is 71.1 cm³/mol. The second-order valence-electron chi connectivity index (χ2n) is 6.30. The maximum absolute atomic E-state index is 8.88. The summed E-state index contributed by atoms with van der Waals surface area (Å²) >= 11 is 0. The standard InChI is InChI=1S/C14H30O3/c1-10(2)13(14(5,6)7)17-12(4)9-16-11(3)8-15/h10-13,15H,8-9H2,1-7H3. The molecule has 0 aliphatic rings. The minimum atomic E-state index is -0.117. The topological polar surface area (TPSA) is 38.7 Å². The zero-order valence-corrected chi connectivity index (χ0v) is 12.5. The zero-order chi connectivity index (χ0) is 13.6. The van der Waals surface area contributed by atoms with Crippen LogP contribution in [0.15, 0.2) is 0 Å². The van der Waals surface area contributed by atoms with Gasteiger partial charge in [0.2, 0.25) is 0 Å². The third-order valence-corrected chi connectivity index (χ3v) is 2.71. The number of ether oxygens (including phenoxy) is 2. The largest absolute Gasteiger partial charge is 0.394 e. The molecule has 0 heterocycles. The van der Waals surface area contributed by atoms with Crippen molar-refractivity contribution in [2.45, 2.75) is 66.8 Å². The number of aliphatic hydroxyl groups is 1. The smallest absolute Gasteiger partial charge is 0.0784 e. The molecule has 0 aliphatic heterocycles. The molecule has 0 aliphatic carbocycles. The Kier molecular flexibility index (Phi) is 7.29. The van der Waals surface area contributed by atoms with E-state index in [9.17, 15) is 0 Å². The van der Waals surface area contributed by atoms with Gasteiger partial charge in [0.05, 0.1) is 31.5 Å². The monoisotopic (exact) mass is 246 g/mol. The molecule has 3 unspecified atom stereocenters. The maximum atomic E-state index is 8.88. The van der Waals surface area contributed by atoms with Gasteiger partial charge in [-0.3, -0.25) is 0 Å². The summed E-state index contributed by atoms with van der Waals surface area (Å²) in [6.07, 6.45) is 0.148. The van der Waals surface area contributed by atoms with E-state index in [2.05, 4.69) is 34.6 Å². The first-order valence-corrected chi connectivity index (χ1v) is 6.56. The van der Waals surface area contributed by atoms with Gasteiger partial charge in [0.25, 0.3) is 0 Å². The number of rotatable bonds is 7. The average Bonchev–Trinajstić information content (AvgIpc) is 2.20. The van der Waals surface area contributed by atoms with Crippen molar-refractivity contribution in [3.05, 3.63) is 0 Å². The lowest BCUT2D eigenvalue weighted by Crippen LogP contribution is -2.38. The zero-order valence-electron chi connectivity index (χ0n) is 12.5. The first-order valence-electron chi connectivity index (χ1n) is 6.56. The van der Waals surface area contributed by atoms with Crippen molar-refractivity contribution in [3.8, 4) is 0 Å². The Bertz CT molecular complexity index is 196. The van der Waals surface area contributed by atoms with Crippen LogP contribution in [0.25, 0.3) is 0 Å². The van der Waals surface area contributed by atoms with Gasteiger partial charge in [0.1, 0.15) is 0 Å². The molecular formula is C14H30O3. The van der Waals surface area contributed by atoms with E-state index >= 15 is 0 Å². The number of hydrogen-bond acceptors (Lipinski definition) is 3. The third kappa shape index (κ3) is 7.02. The summed E-state index contributed by atoms with van der Waals surface area (Å²) in [5.41, 5.74) is 0.130. The Balaban J connectivity index is 4.18. The molecule has 0 aromatic carbocycles. The van der Waals surface area contributed by atoms with Gasteiger partial charge in [0, 0.05) is 0 Å². The molecule has 0 saturated heterocycles. The SMILES string of the molecule is CC(CO)OCC(C)OC(C(C)C)C(C)(C)C. The average molecular weight is 246 g/mol. The third-order valence-electron chi connectivity index (χ3n) is 2.71. The Hall–Kier alpha value is -0.120. The molecule has 0 amide bonds. The molecular weight excluding hydrogens is 216 g/mol. The molecule has 0 saturated carbocycles. The molecule has 0 rings (SSSR count). The Morgan fingerprint density at radius 2 is 1.53 bits per heavy atom. The second-order valence-corrected chi connectivity index (χ2v) is 6.30. The summed E-state index contributed by atoms with van der Waals surface area (Å²) in [5.74, 6) is 0.479. The lowest BCUT2D eigenvalue weighted by molar-refractivity contribution is -0.117. The molecule has 17 heavy (non-hydrogen) atoms. The fourth-order valence-electron chi connectivity index (χ4n) is 2.00. The molecule has 104 valence electrons. The van der Waals surface area contributed by atoms with Crippen LogP contribution in [0.4, 0.5) is 0 Å². The Morgan fingerprint density at radius 1 is 1.00 bits per heavy atom. The molecule has 3 nitrogen and oxygen atoms in total. The fourth-order valence-corrected chi connectivity index (χ4v) is 2.00. The molecule has 0 aromatic heterocycles. The lowest BCUT2D eigenvalue weighted by Gasteiger charge is -2.36. The van der Waals surface area contributed by atoms with Gasteiger partial charge in [-0.05, 0) is 25.2 Å². The van der Waals surface area contributed by atoms with E-state index in [0.717, 1.165) is 0 Å². The van der Waals surface area contributed by atoms with Gasteiger partial charge >= 0.3 is 0 Å². The minimum absolute atomic E-state index is 0.0515. The first kappa shape index (κ1) is 16.9. The van der Waals surface area contributed by atoms with Gasteiger partial charge in [0.15, 0.2) is 0 Å². The molecule has 3 atom stereocenters. The highest BCUT2D eigenvalue weighted by Crippen LogP contribution is 2.29. The van der Waals surface area contributed by atoms with Crippen molar-refractivity contribution < 1.29 is 14.6 Å². The predicted octanol–water partition coefficient (Wildman–Crippen LogP) is 2.86. The fraction of sp³-hybridized carbons (Fsp3) is 1.00. The first-order chi connectivity index (χ1) is 7.68. The normalized spacial score (nSPS) is 18.2. The van der Waals surface area contributed by atoms with E-state index in [1.54, 1.807) is 0 Å². The number of aliphatic hydroxyl groups excluding tert-OH is 1. The summed E-state index contributed by atoms with van der Waals surface area (Å²) in [6, 6.07) is 0. The Labute approximate surface area is 107 Å². The molecule has 0 spiro atoms. The van der Waals surface area contributed by atoms with Crippen molar-refractivity contribution in [3.63, 3.8) is 0 Å². The van der Waals surface area contributed by atoms with Crippen molar-refractivity contribution in [1.29, 1.82) is 0 Å². The van der Waals surface area contributed by atoms with Crippen LogP contribution in [0, 0.1) is 11.3 Å². The summed E-state index contributed by atoms with van der Waals surface area (Å²) in [6.45, 7) is 15.4. The van der Waals surface area contributed by atoms with Crippen LogP contribution in [-0.2, 0) is 9.47 Å². The Morgan fingerprint density at radius 3 is 1.88 bits per heavy atom. The van der Waals surface area contributed by atoms with E-state index in [1.807, 2.05) is 13.8 Å². The second kappa shape index (κ2) is 7.34. The number of hydrogen-bond donors (Lipinski definition) is 1. The minimum Gasteiger partial charge on any atom is -0.394 e. The highest BCUT2D eigenvalue weighted by molar-refractivity contribution is 4.78. The molecule has 0 bridgehead atoms. The molecule has 0 fully saturated rings. The van der Waals surface area contributed by atoms with E-state index in [0.29, 0.717) is 12.5 Å². The van der Waals surface area contributed by atoms with E-state index in [-0.39, 0.29) is 30.3 Å². The molecule has 1 N–H and O–H groups in total. The van der Waals surface area contributed by atoms with Gasteiger partial charge in [-0.1, -0.05) is 34.6 Å². The van der Waals surface area contributed by atoms with Gasteiger partial charge < -0.3 is 14.6 Å². The van der Waals surface area contributed by atoms with Crippen molar-refractivity contribution >= 4 is 0 Å².